The third-order valence-electron chi connectivity index (χ3n) is 6.09. The zero-order valence-corrected chi connectivity index (χ0v) is 20.2. The first kappa shape index (κ1) is 22.2. The second kappa shape index (κ2) is 9.34. The minimum Gasteiger partial charge on any atom is -0.463 e. The van der Waals surface area contributed by atoms with Crippen LogP contribution in [-0.2, 0) is 20.9 Å². The predicted molar refractivity (Wildman–Crippen MR) is 130 cm³/mol. The molecule has 1 aromatic carbocycles. The highest BCUT2D eigenvalue weighted by atomic mass is 32.2. The molecule has 8 nitrogen and oxygen atoms in total. The molecule has 172 valence electrons. The van der Waals surface area contributed by atoms with Crippen LogP contribution in [0.5, 0.6) is 0 Å². The molecule has 1 saturated carbocycles. The summed E-state index contributed by atoms with van der Waals surface area (Å²) in [6.07, 6.45) is 3.12. The van der Waals surface area contributed by atoms with Crippen molar-refractivity contribution >= 4 is 57.5 Å². The Morgan fingerprint density at radius 1 is 1.24 bits per heavy atom. The van der Waals surface area contributed by atoms with Gasteiger partial charge in [0.25, 0.3) is 0 Å². The van der Waals surface area contributed by atoms with E-state index in [4.69, 9.17) is 4.74 Å². The van der Waals surface area contributed by atoms with Crippen molar-refractivity contribution in [2.24, 2.45) is 5.92 Å². The number of carbonyl (C=O) groups is 2. The largest absolute Gasteiger partial charge is 0.463 e. The Hall–Kier alpha value is -2.59. The standard InChI is InChI=1S/C23H25N5O3S2/c1-3-28-15-10-6-5-8-13(15)19-20(28)25-23(27-26-19)32-12-17(29)24-21-18(22(30)31-4-2)14-9-7-11-16(14)33-21/h5-6,8,10,14,16H,3-4,7,9,11-12H2,1-2H3,(H,24,29)/t14-,16+/m1/s1. The normalized spacial score (nSPS) is 19.9. The molecule has 0 radical (unpaired) electrons. The number of nitrogens with one attached hydrogen (secondary N) is 1. The molecule has 0 bridgehead atoms. The Balaban J connectivity index is 1.32. The van der Waals surface area contributed by atoms with Gasteiger partial charge in [0, 0.05) is 23.1 Å². The lowest BCUT2D eigenvalue weighted by molar-refractivity contribution is -0.139. The zero-order valence-electron chi connectivity index (χ0n) is 18.5. The zero-order chi connectivity index (χ0) is 22.9. The average molecular weight is 484 g/mol. The van der Waals surface area contributed by atoms with Crippen molar-refractivity contribution in [3.8, 4) is 0 Å². The molecule has 1 aliphatic heterocycles. The summed E-state index contributed by atoms with van der Waals surface area (Å²) < 4.78 is 7.37. The number of fused-ring (bicyclic) bond motifs is 4. The van der Waals surface area contributed by atoms with Gasteiger partial charge in [-0.2, -0.15) is 0 Å². The van der Waals surface area contributed by atoms with Crippen LogP contribution in [0.1, 0.15) is 33.1 Å². The monoisotopic (exact) mass is 483 g/mol. The number of nitrogens with zero attached hydrogens (tertiary/aromatic N) is 4. The Labute approximate surface area is 199 Å². The highest BCUT2D eigenvalue weighted by Crippen LogP contribution is 2.49. The van der Waals surface area contributed by atoms with Crippen LogP contribution in [0.2, 0.25) is 0 Å². The number of hydrogen-bond acceptors (Lipinski definition) is 8. The molecule has 3 heterocycles. The maximum atomic E-state index is 12.7. The molecular weight excluding hydrogens is 458 g/mol. The summed E-state index contributed by atoms with van der Waals surface area (Å²) in [4.78, 5) is 30.0. The van der Waals surface area contributed by atoms with E-state index in [1.807, 2.05) is 24.3 Å². The summed E-state index contributed by atoms with van der Waals surface area (Å²) in [5, 5.41) is 14.0. The molecule has 2 atom stereocenters. The molecule has 2 aromatic heterocycles. The van der Waals surface area contributed by atoms with Crippen LogP contribution in [0.3, 0.4) is 0 Å². The van der Waals surface area contributed by atoms with Gasteiger partial charge in [-0.25, -0.2) is 9.78 Å². The molecule has 0 saturated heterocycles. The number of thioether (sulfide) groups is 2. The Kier molecular flexibility index (Phi) is 6.29. The highest BCUT2D eigenvalue weighted by Gasteiger charge is 2.43. The molecule has 0 unspecified atom stereocenters. The fraction of sp³-hybridized carbons (Fsp3) is 0.435. The fourth-order valence-corrected chi connectivity index (χ4v) is 6.83. The lowest BCUT2D eigenvalue weighted by atomic mass is 9.98. The lowest BCUT2D eigenvalue weighted by Gasteiger charge is -2.12. The van der Waals surface area contributed by atoms with Crippen molar-refractivity contribution in [1.82, 2.24) is 25.1 Å². The van der Waals surface area contributed by atoms with E-state index in [0.29, 0.717) is 27.6 Å². The van der Waals surface area contributed by atoms with Crippen molar-refractivity contribution in [3.05, 3.63) is 34.9 Å². The van der Waals surface area contributed by atoms with Crippen molar-refractivity contribution in [2.75, 3.05) is 12.4 Å². The molecule has 5 rings (SSSR count). The number of aromatic nitrogens is 4. The number of ether oxygens (including phenoxy) is 1. The van der Waals surface area contributed by atoms with Gasteiger partial charge < -0.3 is 14.6 Å². The number of rotatable bonds is 7. The molecule has 1 N–H and O–H groups in total. The molecule has 3 aromatic rings. The number of amides is 1. The minimum atomic E-state index is -0.312. The SMILES string of the molecule is CCOC(=O)C1=C(NC(=O)CSc2nnc3c4ccccc4n(CC)c3n2)S[C@H]2CCC[C@@H]12. The van der Waals surface area contributed by atoms with Crippen LogP contribution in [0.25, 0.3) is 22.1 Å². The van der Waals surface area contributed by atoms with Crippen molar-refractivity contribution in [3.63, 3.8) is 0 Å². The van der Waals surface area contributed by atoms with Crippen molar-refractivity contribution in [2.45, 2.75) is 50.1 Å². The second-order valence-corrected chi connectivity index (χ2v) is 10.2. The van der Waals surface area contributed by atoms with Crippen LogP contribution in [0.4, 0.5) is 0 Å². The topological polar surface area (TPSA) is 99.0 Å². The third-order valence-corrected chi connectivity index (χ3v) is 8.35. The number of esters is 1. The van der Waals surface area contributed by atoms with Crippen molar-refractivity contribution < 1.29 is 14.3 Å². The Morgan fingerprint density at radius 3 is 2.91 bits per heavy atom. The van der Waals surface area contributed by atoms with E-state index in [1.165, 1.54) is 11.8 Å². The molecule has 1 fully saturated rings. The van der Waals surface area contributed by atoms with E-state index in [-0.39, 0.29) is 23.5 Å². The summed E-state index contributed by atoms with van der Waals surface area (Å²) in [7, 11) is 0. The van der Waals surface area contributed by atoms with Gasteiger partial charge in [-0.3, -0.25) is 4.79 Å². The summed E-state index contributed by atoms with van der Waals surface area (Å²) in [6.45, 7) is 4.95. The van der Waals surface area contributed by atoms with Crippen molar-refractivity contribution in [1.29, 1.82) is 0 Å². The van der Waals surface area contributed by atoms with Gasteiger partial charge in [0.2, 0.25) is 11.1 Å². The maximum Gasteiger partial charge on any atom is 0.336 e. The number of aryl methyl sites for hydroxylation is 1. The van der Waals surface area contributed by atoms with Gasteiger partial charge in [0.05, 0.1) is 28.5 Å². The average Bonchev–Trinajstić information content (AvgIpc) is 3.48. The molecular formula is C23H25N5O3S2. The van der Waals surface area contributed by atoms with Crippen LogP contribution in [0.15, 0.2) is 40.0 Å². The van der Waals surface area contributed by atoms with Crippen LogP contribution >= 0.6 is 23.5 Å². The minimum absolute atomic E-state index is 0.134. The number of benzene rings is 1. The Morgan fingerprint density at radius 2 is 2.09 bits per heavy atom. The van der Waals surface area contributed by atoms with Gasteiger partial charge in [-0.1, -0.05) is 36.4 Å². The van der Waals surface area contributed by atoms with Crippen LogP contribution in [0, 0.1) is 5.92 Å². The second-order valence-electron chi connectivity index (χ2n) is 8.02. The predicted octanol–water partition coefficient (Wildman–Crippen LogP) is 3.90. The first-order valence-electron chi connectivity index (χ1n) is 11.2. The first-order valence-corrected chi connectivity index (χ1v) is 13.1. The summed E-state index contributed by atoms with van der Waals surface area (Å²) in [5.74, 6) is -0.200. The van der Waals surface area contributed by atoms with E-state index >= 15 is 0 Å². The molecule has 2 aliphatic rings. The van der Waals surface area contributed by atoms with E-state index in [1.54, 1.807) is 18.7 Å². The van der Waals surface area contributed by atoms with Gasteiger partial charge in [-0.05, 0) is 32.8 Å². The molecule has 1 amide bonds. The first-order chi connectivity index (χ1) is 16.1. The van der Waals surface area contributed by atoms with Gasteiger partial charge in [-0.15, -0.1) is 22.0 Å². The molecule has 0 spiro atoms. The van der Waals surface area contributed by atoms with Gasteiger partial charge in [0.15, 0.2) is 5.65 Å². The summed E-state index contributed by atoms with van der Waals surface area (Å²) in [5.41, 5.74) is 3.23. The van der Waals surface area contributed by atoms with E-state index < -0.39 is 0 Å². The fourth-order valence-electron chi connectivity index (χ4n) is 4.69. The molecule has 10 heteroatoms. The lowest BCUT2D eigenvalue weighted by Crippen LogP contribution is -2.26. The highest BCUT2D eigenvalue weighted by molar-refractivity contribution is 8.04. The smallest absolute Gasteiger partial charge is 0.336 e. The molecule has 1 aliphatic carbocycles. The summed E-state index contributed by atoms with van der Waals surface area (Å²) >= 11 is 2.83. The third kappa shape index (κ3) is 4.10. The number of hydrogen-bond donors (Lipinski definition) is 1. The van der Waals surface area contributed by atoms with Crippen LogP contribution < -0.4 is 5.32 Å². The van der Waals surface area contributed by atoms with Gasteiger partial charge >= 0.3 is 5.97 Å². The number of carbonyl (C=O) groups excluding carboxylic acids is 2. The van der Waals surface area contributed by atoms with E-state index in [9.17, 15) is 9.59 Å². The molecule has 33 heavy (non-hydrogen) atoms. The Bertz CT molecular complexity index is 1270. The quantitative estimate of drug-likeness (QED) is 0.399. The van der Waals surface area contributed by atoms with Crippen LogP contribution in [-0.4, -0.2) is 49.2 Å². The van der Waals surface area contributed by atoms with E-state index in [0.717, 1.165) is 47.9 Å². The van der Waals surface area contributed by atoms with Gasteiger partial charge in [0.1, 0.15) is 5.52 Å². The summed E-state index contributed by atoms with van der Waals surface area (Å²) in [6, 6.07) is 8.04. The van der Waals surface area contributed by atoms with E-state index in [2.05, 4.69) is 32.0 Å². The number of para-hydroxylation sites is 1. The maximum absolute atomic E-state index is 12.7.